The number of anilines is 1. The van der Waals surface area contributed by atoms with Crippen LogP contribution in [0.5, 0.6) is 0 Å². The molecule has 134 valence electrons. The van der Waals surface area contributed by atoms with E-state index in [1.54, 1.807) is 23.1 Å². The van der Waals surface area contributed by atoms with Crippen molar-refractivity contribution in [3.05, 3.63) is 52.9 Å². The third-order valence-corrected chi connectivity index (χ3v) is 5.02. The van der Waals surface area contributed by atoms with Gasteiger partial charge in [-0.25, -0.2) is 14.6 Å². The molecule has 0 atom stereocenters. The maximum absolute atomic E-state index is 6.08. The van der Waals surface area contributed by atoms with Crippen molar-refractivity contribution in [3.63, 3.8) is 0 Å². The molecule has 4 rings (SSSR count). The highest BCUT2D eigenvalue weighted by Gasteiger charge is 2.14. The molecule has 1 aliphatic rings. The summed E-state index contributed by atoms with van der Waals surface area (Å²) in [5.74, 6) is 0.674. The Labute approximate surface area is 162 Å². The summed E-state index contributed by atoms with van der Waals surface area (Å²) in [6.07, 6.45) is 11.7. The molecule has 1 N–H and O–H groups in total. The Morgan fingerprint density at radius 1 is 1.04 bits per heavy atom. The number of nitrogens with one attached hydrogen (secondary N) is 1. The van der Waals surface area contributed by atoms with Crippen LogP contribution in [0.4, 0.5) is 5.95 Å². The molecule has 0 saturated heterocycles. The van der Waals surface area contributed by atoms with Crippen molar-refractivity contribution in [3.8, 4) is 16.9 Å². The molecule has 7 heteroatoms. The van der Waals surface area contributed by atoms with Gasteiger partial charge in [0.15, 0.2) is 0 Å². The van der Waals surface area contributed by atoms with Crippen LogP contribution < -0.4 is 5.32 Å². The zero-order chi connectivity index (χ0) is 17.9. The molecule has 1 fully saturated rings. The first-order valence-corrected chi connectivity index (χ1v) is 9.54. The van der Waals surface area contributed by atoms with Crippen LogP contribution in [0.3, 0.4) is 0 Å². The zero-order valence-electron chi connectivity index (χ0n) is 14.2. The predicted octanol–water partition coefficient (Wildman–Crippen LogP) is 5.38. The summed E-state index contributed by atoms with van der Waals surface area (Å²) in [7, 11) is 0. The van der Waals surface area contributed by atoms with E-state index in [1.165, 1.54) is 32.1 Å². The van der Waals surface area contributed by atoms with Gasteiger partial charge >= 0.3 is 0 Å². The molecule has 2 aromatic heterocycles. The number of aromatic nitrogens is 4. The maximum Gasteiger partial charge on any atom is 0.223 e. The fraction of sp³-hybridized carbons (Fsp3) is 0.316. The first-order valence-electron chi connectivity index (χ1n) is 8.78. The molecule has 0 amide bonds. The number of halogens is 2. The Hall–Kier alpha value is -2.11. The monoisotopic (exact) mass is 387 g/mol. The lowest BCUT2D eigenvalue weighted by atomic mass is 9.96. The second-order valence-electron chi connectivity index (χ2n) is 6.55. The quantitative estimate of drug-likeness (QED) is 0.652. The summed E-state index contributed by atoms with van der Waals surface area (Å²) in [5, 5.41) is 9.02. The number of hydrogen-bond donors (Lipinski definition) is 1. The van der Waals surface area contributed by atoms with Gasteiger partial charge in [0.05, 0.1) is 17.6 Å². The highest BCUT2D eigenvalue weighted by Crippen LogP contribution is 2.25. The van der Waals surface area contributed by atoms with Crippen molar-refractivity contribution < 1.29 is 0 Å². The SMILES string of the molecule is Clc1cc(Cl)cc(-n2cc(-c3ccnc(NC4CCCCC4)n3)cn2)c1. The van der Waals surface area contributed by atoms with Crippen LogP contribution in [0, 0.1) is 0 Å². The van der Waals surface area contributed by atoms with Crippen LogP contribution in [-0.4, -0.2) is 25.8 Å². The standard InChI is InChI=1S/C19H19Cl2N5/c20-14-8-15(21)10-17(9-14)26-12-13(11-23-26)18-6-7-22-19(25-18)24-16-4-2-1-3-5-16/h6-12,16H,1-5H2,(H,22,24,25). The Bertz CT molecular complexity index is 882. The van der Waals surface area contributed by atoms with Gasteiger partial charge in [-0.2, -0.15) is 5.10 Å². The van der Waals surface area contributed by atoms with Gasteiger partial charge in [-0.3, -0.25) is 0 Å². The van der Waals surface area contributed by atoms with E-state index in [-0.39, 0.29) is 0 Å². The van der Waals surface area contributed by atoms with Gasteiger partial charge in [0.25, 0.3) is 0 Å². The summed E-state index contributed by atoms with van der Waals surface area (Å²) < 4.78 is 1.74. The van der Waals surface area contributed by atoms with Crippen molar-refractivity contribution in [2.75, 3.05) is 5.32 Å². The van der Waals surface area contributed by atoms with Gasteiger partial charge in [0.1, 0.15) is 0 Å². The number of rotatable bonds is 4. The molecular formula is C19H19Cl2N5. The maximum atomic E-state index is 6.08. The largest absolute Gasteiger partial charge is 0.351 e. The van der Waals surface area contributed by atoms with Gasteiger partial charge in [-0.1, -0.05) is 42.5 Å². The highest BCUT2D eigenvalue weighted by molar-refractivity contribution is 6.34. The van der Waals surface area contributed by atoms with E-state index in [0.717, 1.165) is 16.9 Å². The molecular weight excluding hydrogens is 369 g/mol. The molecule has 5 nitrogen and oxygen atoms in total. The summed E-state index contributed by atoms with van der Waals surface area (Å²) in [6.45, 7) is 0. The Morgan fingerprint density at radius 3 is 2.58 bits per heavy atom. The van der Waals surface area contributed by atoms with Crippen LogP contribution in [0.15, 0.2) is 42.9 Å². The summed E-state index contributed by atoms with van der Waals surface area (Å²) >= 11 is 12.2. The van der Waals surface area contributed by atoms with Gasteiger partial charge in [-0.15, -0.1) is 0 Å². The minimum Gasteiger partial charge on any atom is -0.351 e. The second kappa shape index (κ2) is 7.64. The van der Waals surface area contributed by atoms with Crippen molar-refractivity contribution in [2.24, 2.45) is 0 Å². The van der Waals surface area contributed by atoms with E-state index in [9.17, 15) is 0 Å². The fourth-order valence-electron chi connectivity index (χ4n) is 3.29. The van der Waals surface area contributed by atoms with Gasteiger partial charge in [0, 0.05) is 34.0 Å². The van der Waals surface area contributed by atoms with E-state index >= 15 is 0 Å². The lowest BCUT2D eigenvalue weighted by Crippen LogP contribution is -2.23. The van der Waals surface area contributed by atoms with E-state index in [4.69, 9.17) is 23.2 Å². The van der Waals surface area contributed by atoms with Crippen molar-refractivity contribution >= 4 is 29.2 Å². The minimum atomic E-state index is 0.468. The molecule has 3 aromatic rings. The van der Waals surface area contributed by atoms with Crippen molar-refractivity contribution in [1.82, 2.24) is 19.7 Å². The normalized spacial score (nSPS) is 15.2. The lowest BCUT2D eigenvalue weighted by Gasteiger charge is -2.22. The average molecular weight is 388 g/mol. The average Bonchev–Trinajstić information content (AvgIpc) is 3.12. The molecule has 1 aliphatic carbocycles. The van der Waals surface area contributed by atoms with Gasteiger partial charge < -0.3 is 5.32 Å². The summed E-state index contributed by atoms with van der Waals surface area (Å²) in [5.41, 5.74) is 2.55. The number of nitrogens with zero attached hydrogens (tertiary/aromatic N) is 4. The number of hydrogen-bond acceptors (Lipinski definition) is 4. The Morgan fingerprint density at radius 2 is 1.81 bits per heavy atom. The summed E-state index contributed by atoms with van der Waals surface area (Å²) in [6, 6.07) is 7.69. The van der Waals surface area contributed by atoms with Crippen LogP contribution >= 0.6 is 23.2 Å². The smallest absolute Gasteiger partial charge is 0.223 e. The summed E-state index contributed by atoms with van der Waals surface area (Å²) in [4.78, 5) is 9.01. The minimum absolute atomic E-state index is 0.468. The van der Waals surface area contributed by atoms with Crippen LogP contribution in [0.2, 0.25) is 10.0 Å². The lowest BCUT2D eigenvalue weighted by molar-refractivity contribution is 0.461. The molecule has 1 aromatic carbocycles. The van der Waals surface area contributed by atoms with Crippen molar-refractivity contribution in [1.29, 1.82) is 0 Å². The van der Waals surface area contributed by atoms with E-state index in [2.05, 4.69) is 20.4 Å². The first-order chi connectivity index (χ1) is 12.7. The van der Waals surface area contributed by atoms with Gasteiger partial charge in [0.2, 0.25) is 5.95 Å². The van der Waals surface area contributed by atoms with E-state index < -0.39 is 0 Å². The molecule has 1 saturated carbocycles. The molecule has 0 radical (unpaired) electrons. The second-order valence-corrected chi connectivity index (χ2v) is 7.42. The molecule has 0 spiro atoms. The topological polar surface area (TPSA) is 55.6 Å². The molecule has 26 heavy (non-hydrogen) atoms. The third kappa shape index (κ3) is 4.00. The van der Waals surface area contributed by atoms with Crippen molar-refractivity contribution in [2.45, 2.75) is 38.1 Å². The third-order valence-electron chi connectivity index (χ3n) is 4.58. The van der Waals surface area contributed by atoms with Crippen LogP contribution in [0.1, 0.15) is 32.1 Å². The van der Waals surface area contributed by atoms with E-state index in [0.29, 0.717) is 22.0 Å². The first kappa shape index (κ1) is 17.3. The molecule has 0 bridgehead atoms. The molecule has 0 aliphatic heterocycles. The van der Waals surface area contributed by atoms with Crippen LogP contribution in [0.25, 0.3) is 16.9 Å². The zero-order valence-corrected chi connectivity index (χ0v) is 15.7. The van der Waals surface area contributed by atoms with E-state index in [1.807, 2.05) is 24.4 Å². The fourth-order valence-corrected chi connectivity index (χ4v) is 3.80. The Kier molecular flexibility index (Phi) is 5.09. The molecule has 0 unspecified atom stereocenters. The molecule has 2 heterocycles. The Balaban J connectivity index is 1.56. The number of benzene rings is 1. The van der Waals surface area contributed by atoms with Crippen LogP contribution in [-0.2, 0) is 0 Å². The predicted molar refractivity (Wildman–Crippen MR) is 105 cm³/mol. The highest BCUT2D eigenvalue weighted by atomic mass is 35.5. The van der Waals surface area contributed by atoms with Gasteiger partial charge in [-0.05, 0) is 37.1 Å².